The third-order valence-corrected chi connectivity index (χ3v) is 5.38. The number of sulfonamides is 1. The molecule has 144 valence electrons. The molecule has 0 spiro atoms. The minimum atomic E-state index is -3.71. The number of carbonyl (C=O) groups is 2. The SMILES string of the molecule is CCOC(=O)CNS(=O)(=O)C[C@@H]1CCCN1C(=O)OCc1ccccc1. The first-order chi connectivity index (χ1) is 12.4. The van der Waals surface area contributed by atoms with Gasteiger partial charge in [-0.2, -0.15) is 0 Å². The maximum atomic E-state index is 12.3. The molecule has 2 rings (SSSR count). The first-order valence-electron chi connectivity index (χ1n) is 8.51. The molecule has 1 aliphatic heterocycles. The second kappa shape index (κ2) is 9.54. The van der Waals surface area contributed by atoms with E-state index in [9.17, 15) is 18.0 Å². The van der Waals surface area contributed by atoms with Crippen molar-refractivity contribution >= 4 is 22.1 Å². The van der Waals surface area contributed by atoms with Crippen molar-refractivity contribution in [1.82, 2.24) is 9.62 Å². The van der Waals surface area contributed by atoms with E-state index < -0.39 is 34.7 Å². The number of carbonyl (C=O) groups excluding carboxylic acids is 2. The van der Waals surface area contributed by atoms with Crippen LogP contribution in [0.3, 0.4) is 0 Å². The number of esters is 1. The monoisotopic (exact) mass is 384 g/mol. The molecule has 1 saturated heterocycles. The van der Waals surface area contributed by atoms with Crippen molar-refractivity contribution in [2.45, 2.75) is 32.4 Å². The number of amides is 1. The molecule has 0 bridgehead atoms. The highest BCUT2D eigenvalue weighted by atomic mass is 32.2. The van der Waals surface area contributed by atoms with Gasteiger partial charge in [0.1, 0.15) is 13.2 Å². The van der Waals surface area contributed by atoms with Crippen LogP contribution in [0.4, 0.5) is 4.79 Å². The summed E-state index contributed by atoms with van der Waals surface area (Å²) in [6, 6.07) is 8.79. The summed E-state index contributed by atoms with van der Waals surface area (Å²) in [6.07, 6.45) is 0.746. The number of likely N-dealkylation sites (tertiary alicyclic amines) is 1. The topological polar surface area (TPSA) is 102 Å². The van der Waals surface area contributed by atoms with Crippen molar-refractivity contribution in [3.8, 4) is 0 Å². The Hall–Kier alpha value is -2.13. The minimum Gasteiger partial charge on any atom is -0.465 e. The van der Waals surface area contributed by atoms with E-state index >= 15 is 0 Å². The Morgan fingerprint density at radius 1 is 1.23 bits per heavy atom. The van der Waals surface area contributed by atoms with Gasteiger partial charge >= 0.3 is 12.1 Å². The van der Waals surface area contributed by atoms with Crippen LogP contribution in [0, 0.1) is 0 Å². The van der Waals surface area contributed by atoms with Gasteiger partial charge in [0, 0.05) is 6.54 Å². The second-order valence-corrected chi connectivity index (χ2v) is 7.79. The minimum absolute atomic E-state index is 0.136. The zero-order valence-corrected chi connectivity index (χ0v) is 15.5. The standard InChI is InChI=1S/C17H24N2O6S/c1-2-24-16(20)11-18-26(22,23)13-15-9-6-10-19(15)17(21)25-12-14-7-4-3-5-8-14/h3-5,7-8,15,18H,2,6,9-13H2,1H3/t15-/m0/s1. The van der Waals surface area contributed by atoms with E-state index in [1.54, 1.807) is 6.92 Å². The highest BCUT2D eigenvalue weighted by Gasteiger charge is 2.33. The molecule has 1 aromatic rings. The average Bonchev–Trinajstić information content (AvgIpc) is 3.06. The summed E-state index contributed by atoms with van der Waals surface area (Å²) in [4.78, 5) is 25.0. The average molecular weight is 384 g/mol. The Morgan fingerprint density at radius 3 is 2.65 bits per heavy atom. The van der Waals surface area contributed by atoms with Gasteiger partial charge in [-0.05, 0) is 25.3 Å². The molecule has 1 amide bonds. The molecule has 9 heteroatoms. The Morgan fingerprint density at radius 2 is 1.96 bits per heavy atom. The Labute approximate surface area is 153 Å². The molecular formula is C17H24N2O6S. The largest absolute Gasteiger partial charge is 0.465 e. The first-order valence-corrected chi connectivity index (χ1v) is 10.2. The third-order valence-electron chi connectivity index (χ3n) is 3.97. The number of nitrogens with zero attached hydrogens (tertiary/aromatic N) is 1. The van der Waals surface area contributed by atoms with Crippen LogP contribution in [0.1, 0.15) is 25.3 Å². The van der Waals surface area contributed by atoms with Crippen LogP contribution in [0.2, 0.25) is 0 Å². The summed E-state index contributed by atoms with van der Waals surface area (Å²) in [5.41, 5.74) is 0.861. The lowest BCUT2D eigenvalue weighted by Gasteiger charge is -2.24. The van der Waals surface area contributed by atoms with Gasteiger partial charge < -0.3 is 14.4 Å². The number of hydrogen-bond donors (Lipinski definition) is 1. The lowest BCUT2D eigenvalue weighted by molar-refractivity contribution is -0.141. The van der Waals surface area contributed by atoms with E-state index in [0.29, 0.717) is 19.4 Å². The molecule has 8 nitrogen and oxygen atoms in total. The van der Waals surface area contributed by atoms with E-state index in [1.807, 2.05) is 30.3 Å². The highest BCUT2D eigenvalue weighted by molar-refractivity contribution is 7.89. The Bertz CT molecular complexity index is 707. The molecule has 1 aromatic carbocycles. The van der Waals surface area contributed by atoms with Gasteiger partial charge in [0.05, 0.1) is 18.4 Å². The van der Waals surface area contributed by atoms with Crippen LogP contribution in [0.25, 0.3) is 0 Å². The van der Waals surface area contributed by atoms with Gasteiger partial charge in [-0.3, -0.25) is 4.79 Å². The third kappa shape index (κ3) is 6.30. The van der Waals surface area contributed by atoms with E-state index in [4.69, 9.17) is 9.47 Å². The fraction of sp³-hybridized carbons (Fsp3) is 0.529. The van der Waals surface area contributed by atoms with Gasteiger partial charge in [0.25, 0.3) is 0 Å². The fourth-order valence-corrected chi connectivity index (χ4v) is 4.05. The number of benzene rings is 1. The second-order valence-electron chi connectivity index (χ2n) is 5.94. The van der Waals surface area contributed by atoms with Crippen LogP contribution in [0.15, 0.2) is 30.3 Å². The van der Waals surface area contributed by atoms with Crippen molar-refractivity contribution < 1.29 is 27.5 Å². The van der Waals surface area contributed by atoms with Gasteiger partial charge in [-0.1, -0.05) is 30.3 Å². The predicted molar refractivity (Wildman–Crippen MR) is 94.8 cm³/mol. The summed E-state index contributed by atoms with van der Waals surface area (Å²) in [5.74, 6) is -0.908. The normalized spacial score (nSPS) is 17.1. The summed E-state index contributed by atoms with van der Waals surface area (Å²) < 4.78 is 36.5. The first kappa shape index (κ1) is 20.2. The molecule has 0 saturated carbocycles. The van der Waals surface area contributed by atoms with Crippen LogP contribution in [-0.2, 0) is 30.9 Å². The van der Waals surface area contributed by atoms with Gasteiger partial charge in [0.15, 0.2) is 0 Å². The number of nitrogens with one attached hydrogen (secondary N) is 1. The number of rotatable bonds is 8. The number of ether oxygens (including phenoxy) is 2. The van der Waals surface area contributed by atoms with Crippen molar-refractivity contribution in [2.75, 3.05) is 25.4 Å². The summed E-state index contributed by atoms with van der Waals surface area (Å²) in [5, 5.41) is 0. The maximum absolute atomic E-state index is 12.3. The smallest absolute Gasteiger partial charge is 0.410 e. The van der Waals surface area contributed by atoms with Crippen molar-refractivity contribution in [1.29, 1.82) is 0 Å². The Kier molecular flexibility index (Phi) is 7.40. The molecule has 1 aliphatic rings. The van der Waals surface area contributed by atoms with Crippen molar-refractivity contribution in [3.63, 3.8) is 0 Å². The van der Waals surface area contributed by atoms with Crippen LogP contribution in [-0.4, -0.2) is 56.9 Å². The highest BCUT2D eigenvalue weighted by Crippen LogP contribution is 2.20. The molecule has 0 aromatic heterocycles. The lowest BCUT2D eigenvalue weighted by atomic mass is 10.2. The van der Waals surface area contributed by atoms with E-state index in [0.717, 1.165) is 5.56 Å². The molecule has 1 atom stereocenters. The Balaban J connectivity index is 1.86. The maximum Gasteiger partial charge on any atom is 0.410 e. The summed E-state index contributed by atoms with van der Waals surface area (Å²) >= 11 is 0. The zero-order chi connectivity index (χ0) is 19.0. The molecular weight excluding hydrogens is 360 g/mol. The summed E-state index contributed by atoms with van der Waals surface area (Å²) in [7, 11) is -3.71. The van der Waals surface area contributed by atoms with Crippen LogP contribution < -0.4 is 4.72 Å². The summed E-state index contributed by atoms with van der Waals surface area (Å²) in [6.45, 7) is 2.00. The molecule has 1 N–H and O–H groups in total. The van der Waals surface area contributed by atoms with Crippen molar-refractivity contribution in [3.05, 3.63) is 35.9 Å². The van der Waals surface area contributed by atoms with E-state index in [-0.39, 0.29) is 19.0 Å². The molecule has 26 heavy (non-hydrogen) atoms. The van der Waals surface area contributed by atoms with E-state index in [2.05, 4.69) is 4.72 Å². The van der Waals surface area contributed by atoms with Gasteiger partial charge in [0.2, 0.25) is 10.0 Å². The zero-order valence-electron chi connectivity index (χ0n) is 14.7. The predicted octanol–water partition coefficient (Wildman–Crippen LogP) is 1.27. The number of hydrogen-bond acceptors (Lipinski definition) is 6. The fourth-order valence-electron chi connectivity index (χ4n) is 2.74. The van der Waals surface area contributed by atoms with Gasteiger partial charge in [-0.15, -0.1) is 0 Å². The molecule has 0 aliphatic carbocycles. The molecule has 1 heterocycles. The van der Waals surface area contributed by atoms with Gasteiger partial charge in [-0.25, -0.2) is 17.9 Å². The molecule has 1 fully saturated rings. The van der Waals surface area contributed by atoms with Crippen LogP contribution in [0.5, 0.6) is 0 Å². The quantitative estimate of drug-likeness (QED) is 0.677. The van der Waals surface area contributed by atoms with E-state index in [1.165, 1.54) is 4.90 Å². The molecule has 0 radical (unpaired) electrons. The van der Waals surface area contributed by atoms with Crippen LogP contribution >= 0.6 is 0 Å². The molecule has 0 unspecified atom stereocenters. The van der Waals surface area contributed by atoms with Crippen molar-refractivity contribution in [2.24, 2.45) is 0 Å². The lowest BCUT2D eigenvalue weighted by Crippen LogP contribution is -2.43.